The molecule has 1 aromatic rings. The molecule has 0 aliphatic heterocycles. The molecule has 0 aliphatic rings. The number of nitrogens with one attached hydrogen (secondary N) is 3. The van der Waals surface area contributed by atoms with Crippen LogP contribution in [0.5, 0.6) is 0 Å². The molecule has 0 aromatic carbocycles. The summed E-state index contributed by atoms with van der Waals surface area (Å²) in [7, 11) is 1.75. The van der Waals surface area contributed by atoms with Crippen molar-refractivity contribution in [2.45, 2.75) is 17.7 Å². The van der Waals surface area contributed by atoms with E-state index in [0.29, 0.717) is 16.0 Å². The van der Waals surface area contributed by atoms with Crippen LogP contribution in [0.3, 0.4) is 0 Å². The molecule has 0 unspecified atom stereocenters. The first-order valence-corrected chi connectivity index (χ1v) is 7.17. The van der Waals surface area contributed by atoms with Crippen LogP contribution in [0.15, 0.2) is 4.34 Å². The standard InChI is InChI=1S/C9H15N5O2S2/c1-3-4-11-7(16)12-6(15)5-17-9-14-13-8(10-2)18-9/h3-5H2,1-2H3,(H,10,13)(H2,11,12,15,16). The summed E-state index contributed by atoms with van der Waals surface area (Å²) >= 11 is 2.60. The van der Waals surface area contributed by atoms with Gasteiger partial charge in [0.05, 0.1) is 5.75 Å². The molecule has 7 nitrogen and oxygen atoms in total. The lowest BCUT2D eigenvalue weighted by atomic mass is 10.5. The second kappa shape index (κ2) is 7.88. The van der Waals surface area contributed by atoms with Crippen molar-refractivity contribution < 1.29 is 9.59 Å². The second-order valence-corrected chi connectivity index (χ2v) is 5.42. The molecule has 18 heavy (non-hydrogen) atoms. The highest BCUT2D eigenvalue weighted by atomic mass is 32.2. The van der Waals surface area contributed by atoms with Gasteiger partial charge in [0.2, 0.25) is 11.0 Å². The normalized spacial score (nSPS) is 9.89. The van der Waals surface area contributed by atoms with E-state index in [1.54, 1.807) is 7.05 Å². The van der Waals surface area contributed by atoms with Crippen LogP contribution in [0, 0.1) is 0 Å². The predicted octanol–water partition coefficient (Wildman–Crippen LogP) is 0.908. The number of carbonyl (C=O) groups excluding carboxylic acids is 2. The van der Waals surface area contributed by atoms with Gasteiger partial charge in [-0.25, -0.2) is 4.79 Å². The minimum Gasteiger partial charge on any atom is -0.363 e. The van der Waals surface area contributed by atoms with Crippen LogP contribution in [0.2, 0.25) is 0 Å². The number of hydrogen-bond acceptors (Lipinski definition) is 7. The van der Waals surface area contributed by atoms with Gasteiger partial charge in [-0.2, -0.15) is 0 Å². The average molecular weight is 289 g/mol. The van der Waals surface area contributed by atoms with Gasteiger partial charge in [-0.05, 0) is 6.42 Å². The average Bonchev–Trinajstić information content (AvgIpc) is 2.82. The van der Waals surface area contributed by atoms with Gasteiger partial charge in [-0.15, -0.1) is 10.2 Å². The van der Waals surface area contributed by atoms with Crippen LogP contribution >= 0.6 is 23.1 Å². The maximum Gasteiger partial charge on any atom is 0.321 e. The molecule has 0 saturated heterocycles. The molecule has 1 heterocycles. The lowest BCUT2D eigenvalue weighted by Crippen LogP contribution is -2.40. The van der Waals surface area contributed by atoms with Crippen LogP contribution in [0.4, 0.5) is 9.93 Å². The van der Waals surface area contributed by atoms with Crippen molar-refractivity contribution in [1.29, 1.82) is 0 Å². The van der Waals surface area contributed by atoms with Crippen molar-refractivity contribution >= 4 is 40.2 Å². The van der Waals surface area contributed by atoms with Crippen LogP contribution in [0.1, 0.15) is 13.3 Å². The van der Waals surface area contributed by atoms with E-state index in [9.17, 15) is 9.59 Å². The second-order valence-electron chi connectivity index (χ2n) is 3.22. The lowest BCUT2D eigenvalue weighted by molar-refractivity contribution is -0.117. The fraction of sp³-hybridized carbons (Fsp3) is 0.556. The zero-order valence-corrected chi connectivity index (χ0v) is 11.8. The number of imide groups is 1. The molecule has 3 amide bonds. The van der Waals surface area contributed by atoms with Crippen LogP contribution < -0.4 is 16.0 Å². The SMILES string of the molecule is CCCNC(=O)NC(=O)CSc1nnc(NC)s1. The molecule has 0 aliphatic carbocycles. The van der Waals surface area contributed by atoms with Gasteiger partial charge >= 0.3 is 6.03 Å². The molecular formula is C9H15N5O2S2. The molecule has 1 rings (SSSR count). The Morgan fingerprint density at radius 1 is 1.39 bits per heavy atom. The molecule has 100 valence electrons. The molecular weight excluding hydrogens is 274 g/mol. The van der Waals surface area contributed by atoms with Gasteiger partial charge in [0.25, 0.3) is 0 Å². The summed E-state index contributed by atoms with van der Waals surface area (Å²) in [5, 5.41) is 16.1. The largest absolute Gasteiger partial charge is 0.363 e. The molecule has 1 aromatic heterocycles. The van der Waals surface area contributed by atoms with E-state index in [-0.39, 0.29) is 11.7 Å². The fourth-order valence-corrected chi connectivity index (χ4v) is 2.45. The van der Waals surface area contributed by atoms with E-state index in [2.05, 4.69) is 26.1 Å². The molecule has 9 heteroatoms. The van der Waals surface area contributed by atoms with Crippen LogP contribution in [-0.4, -0.2) is 41.5 Å². The Hall–Kier alpha value is -1.35. The van der Waals surface area contributed by atoms with Crippen LogP contribution in [-0.2, 0) is 4.79 Å². The summed E-state index contributed by atoms with van der Waals surface area (Å²) < 4.78 is 0.684. The Morgan fingerprint density at radius 3 is 2.78 bits per heavy atom. The minimum atomic E-state index is -0.462. The van der Waals surface area contributed by atoms with Crippen molar-refractivity contribution in [3.63, 3.8) is 0 Å². The Bertz CT molecular complexity index is 409. The molecule has 0 spiro atoms. The van der Waals surface area contributed by atoms with Gasteiger partial charge in [-0.1, -0.05) is 30.0 Å². The van der Waals surface area contributed by atoms with E-state index >= 15 is 0 Å². The Balaban J connectivity index is 2.26. The van der Waals surface area contributed by atoms with E-state index < -0.39 is 6.03 Å². The van der Waals surface area contributed by atoms with Gasteiger partial charge in [0.1, 0.15) is 0 Å². The smallest absolute Gasteiger partial charge is 0.321 e. The van der Waals surface area contributed by atoms with Crippen molar-refractivity contribution in [1.82, 2.24) is 20.8 Å². The molecule has 3 N–H and O–H groups in total. The van der Waals surface area contributed by atoms with Gasteiger partial charge in [0.15, 0.2) is 4.34 Å². The molecule has 0 bridgehead atoms. The van der Waals surface area contributed by atoms with Crippen molar-refractivity contribution in [2.24, 2.45) is 0 Å². The summed E-state index contributed by atoms with van der Waals surface area (Å²) in [6.07, 6.45) is 0.827. The molecule has 0 atom stereocenters. The number of nitrogens with zero attached hydrogens (tertiary/aromatic N) is 2. The van der Waals surface area contributed by atoms with Gasteiger partial charge < -0.3 is 10.6 Å². The minimum absolute atomic E-state index is 0.137. The third-order valence-electron chi connectivity index (χ3n) is 1.74. The zero-order chi connectivity index (χ0) is 13.4. The number of hydrogen-bond donors (Lipinski definition) is 3. The first-order chi connectivity index (χ1) is 8.65. The maximum absolute atomic E-state index is 11.4. The van der Waals surface area contributed by atoms with E-state index in [4.69, 9.17) is 0 Å². The van der Waals surface area contributed by atoms with Crippen molar-refractivity contribution in [3.05, 3.63) is 0 Å². The Morgan fingerprint density at radius 2 is 2.17 bits per heavy atom. The summed E-state index contributed by atoms with van der Waals surface area (Å²) in [4.78, 5) is 22.6. The van der Waals surface area contributed by atoms with E-state index in [1.807, 2.05) is 6.92 Å². The van der Waals surface area contributed by atoms with E-state index in [1.165, 1.54) is 23.1 Å². The summed E-state index contributed by atoms with van der Waals surface area (Å²) in [5.41, 5.74) is 0. The number of anilines is 1. The number of urea groups is 1. The molecule has 0 saturated carbocycles. The fourth-order valence-electron chi connectivity index (χ4n) is 0.942. The van der Waals surface area contributed by atoms with Crippen LogP contribution in [0.25, 0.3) is 0 Å². The third kappa shape index (κ3) is 5.32. The highest BCUT2D eigenvalue weighted by Crippen LogP contribution is 2.24. The monoisotopic (exact) mass is 289 g/mol. The highest BCUT2D eigenvalue weighted by Gasteiger charge is 2.09. The number of amides is 3. The van der Waals surface area contributed by atoms with Gasteiger partial charge in [0, 0.05) is 13.6 Å². The van der Waals surface area contributed by atoms with Crippen molar-refractivity contribution in [2.75, 3.05) is 24.7 Å². The Labute approximate surface area is 113 Å². The molecule has 0 fully saturated rings. The predicted molar refractivity (Wildman–Crippen MR) is 72.0 cm³/mol. The first kappa shape index (κ1) is 14.7. The number of thioether (sulfide) groups is 1. The summed E-state index contributed by atoms with van der Waals surface area (Å²) in [6, 6.07) is -0.462. The van der Waals surface area contributed by atoms with Gasteiger partial charge in [-0.3, -0.25) is 10.1 Å². The zero-order valence-electron chi connectivity index (χ0n) is 10.1. The summed E-state index contributed by atoms with van der Waals surface area (Å²) in [5.74, 6) is -0.215. The quantitative estimate of drug-likeness (QED) is 0.674. The Kier molecular flexibility index (Phi) is 6.44. The number of carbonyl (C=O) groups is 2. The number of aromatic nitrogens is 2. The summed E-state index contributed by atoms with van der Waals surface area (Å²) in [6.45, 7) is 2.49. The van der Waals surface area contributed by atoms with E-state index in [0.717, 1.165) is 6.42 Å². The first-order valence-electron chi connectivity index (χ1n) is 5.37. The number of rotatable bonds is 6. The maximum atomic E-state index is 11.4. The van der Waals surface area contributed by atoms with Crippen molar-refractivity contribution in [3.8, 4) is 0 Å². The topological polar surface area (TPSA) is 96.0 Å². The highest BCUT2D eigenvalue weighted by molar-refractivity contribution is 8.01. The lowest BCUT2D eigenvalue weighted by Gasteiger charge is -2.04. The molecule has 0 radical (unpaired) electrons. The third-order valence-corrected chi connectivity index (χ3v) is 3.81.